The first-order valence-corrected chi connectivity index (χ1v) is 12.3. The molecular weight excluding hydrogens is 541 g/mol. The number of carbonyl (C=O) groups is 2. The molecule has 0 atom stereocenters. The molecule has 1 aliphatic heterocycles. The Hall–Kier alpha value is -4.03. The standard InChI is InChI=1S/C26H24ClF3N4O5/c27-20-13-23(39-17-5-8-31-9-6-17)21(12-19(20)26(28,29)30)34-25(37)33-14-15-1-3-16(4-2-15)38-18-7-10-32-22(11-18)24(35)36/h1-4,7,10-13,17,31H,5-6,8-9,14H2,(H,35,36)(H2,33,34,37). The fourth-order valence-corrected chi connectivity index (χ4v) is 4.07. The number of halogens is 4. The zero-order valence-electron chi connectivity index (χ0n) is 20.3. The Bertz CT molecular complexity index is 1330. The maximum absolute atomic E-state index is 13.4. The average molecular weight is 565 g/mol. The van der Waals surface area contributed by atoms with Crippen LogP contribution in [0.15, 0.2) is 54.7 Å². The second kappa shape index (κ2) is 12.2. The van der Waals surface area contributed by atoms with Crippen molar-refractivity contribution in [3.8, 4) is 17.2 Å². The van der Waals surface area contributed by atoms with E-state index in [2.05, 4.69) is 20.9 Å². The Morgan fingerprint density at radius 1 is 1.08 bits per heavy atom. The zero-order chi connectivity index (χ0) is 28.0. The number of aromatic carboxylic acids is 1. The molecule has 1 aliphatic rings. The van der Waals surface area contributed by atoms with Crippen LogP contribution in [-0.2, 0) is 12.7 Å². The number of piperidine rings is 1. The Morgan fingerprint density at radius 2 is 1.79 bits per heavy atom. The molecule has 2 heterocycles. The van der Waals surface area contributed by atoms with Crippen molar-refractivity contribution in [2.45, 2.75) is 31.7 Å². The zero-order valence-corrected chi connectivity index (χ0v) is 21.1. The number of alkyl halides is 3. The number of aromatic nitrogens is 1. The van der Waals surface area contributed by atoms with Crippen molar-refractivity contribution < 1.29 is 37.3 Å². The smallest absolute Gasteiger partial charge is 0.417 e. The van der Waals surface area contributed by atoms with Gasteiger partial charge in [-0.3, -0.25) is 0 Å². The van der Waals surface area contributed by atoms with Crippen LogP contribution in [0.5, 0.6) is 17.2 Å². The van der Waals surface area contributed by atoms with Crippen LogP contribution < -0.4 is 25.4 Å². The summed E-state index contributed by atoms with van der Waals surface area (Å²) >= 11 is 5.89. The fourth-order valence-electron chi connectivity index (χ4n) is 3.81. The van der Waals surface area contributed by atoms with Gasteiger partial charge in [0.1, 0.15) is 23.4 Å². The molecule has 9 nitrogen and oxygen atoms in total. The van der Waals surface area contributed by atoms with Crippen molar-refractivity contribution >= 4 is 29.3 Å². The lowest BCUT2D eigenvalue weighted by molar-refractivity contribution is -0.137. The van der Waals surface area contributed by atoms with E-state index in [4.69, 9.17) is 26.2 Å². The van der Waals surface area contributed by atoms with E-state index in [0.717, 1.165) is 12.1 Å². The minimum absolute atomic E-state index is 0.0544. The number of ether oxygens (including phenoxy) is 2. The largest absolute Gasteiger partial charge is 0.488 e. The normalized spacial score (nSPS) is 13.9. The number of carboxylic acids is 1. The van der Waals surface area contributed by atoms with Crippen molar-refractivity contribution in [3.05, 3.63) is 76.6 Å². The molecule has 4 N–H and O–H groups in total. The highest BCUT2D eigenvalue weighted by Crippen LogP contribution is 2.41. The quantitative estimate of drug-likeness (QED) is 0.277. The minimum Gasteiger partial charge on any atom is -0.488 e. The molecule has 0 spiro atoms. The lowest BCUT2D eigenvalue weighted by Crippen LogP contribution is -2.34. The molecule has 39 heavy (non-hydrogen) atoms. The van der Waals surface area contributed by atoms with Gasteiger partial charge in [-0.2, -0.15) is 13.2 Å². The van der Waals surface area contributed by atoms with Gasteiger partial charge < -0.3 is 30.5 Å². The lowest BCUT2D eigenvalue weighted by Gasteiger charge is -2.26. The number of nitrogens with zero attached hydrogens (tertiary/aromatic N) is 1. The second-order valence-electron chi connectivity index (χ2n) is 8.63. The van der Waals surface area contributed by atoms with Crippen molar-refractivity contribution in [3.63, 3.8) is 0 Å². The molecule has 2 aromatic carbocycles. The molecule has 0 radical (unpaired) electrons. The molecule has 0 saturated carbocycles. The summed E-state index contributed by atoms with van der Waals surface area (Å²) in [5.74, 6) is -0.417. The monoisotopic (exact) mass is 564 g/mol. The van der Waals surface area contributed by atoms with Gasteiger partial charge in [-0.15, -0.1) is 0 Å². The van der Waals surface area contributed by atoms with E-state index < -0.39 is 28.8 Å². The summed E-state index contributed by atoms with van der Waals surface area (Å²) in [5, 5.41) is 16.7. The first-order chi connectivity index (χ1) is 18.6. The molecule has 4 rings (SSSR count). The first-order valence-electron chi connectivity index (χ1n) is 11.9. The highest BCUT2D eigenvalue weighted by molar-refractivity contribution is 6.31. The molecule has 0 aliphatic carbocycles. The maximum atomic E-state index is 13.4. The predicted molar refractivity (Wildman–Crippen MR) is 137 cm³/mol. The van der Waals surface area contributed by atoms with Crippen LogP contribution in [0.1, 0.15) is 34.5 Å². The van der Waals surface area contributed by atoms with Gasteiger partial charge in [-0.1, -0.05) is 23.7 Å². The Balaban J connectivity index is 1.40. The number of urea groups is 1. The van der Waals surface area contributed by atoms with E-state index >= 15 is 0 Å². The Kier molecular flexibility index (Phi) is 8.77. The van der Waals surface area contributed by atoms with Crippen LogP contribution in [-0.4, -0.2) is 41.3 Å². The molecule has 0 bridgehead atoms. The molecule has 1 aromatic heterocycles. The second-order valence-corrected chi connectivity index (χ2v) is 9.04. The lowest BCUT2D eigenvalue weighted by atomic mass is 10.1. The Morgan fingerprint density at radius 3 is 2.46 bits per heavy atom. The van der Waals surface area contributed by atoms with E-state index in [1.165, 1.54) is 18.3 Å². The van der Waals surface area contributed by atoms with Crippen molar-refractivity contribution in [2.75, 3.05) is 18.4 Å². The number of hydrogen-bond donors (Lipinski definition) is 4. The summed E-state index contributed by atoms with van der Waals surface area (Å²) in [6.07, 6.45) is -2.31. The summed E-state index contributed by atoms with van der Waals surface area (Å²) in [6.45, 7) is 1.48. The van der Waals surface area contributed by atoms with Gasteiger partial charge >= 0.3 is 18.2 Å². The van der Waals surface area contributed by atoms with E-state index in [1.807, 2.05) is 0 Å². The van der Waals surface area contributed by atoms with Gasteiger partial charge in [0.05, 0.1) is 16.3 Å². The van der Waals surface area contributed by atoms with Crippen LogP contribution in [0, 0.1) is 0 Å². The molecule has 0 unspecified atom stereocenters. The number of carbonyl (C=O) groups excluding carboxylic acids is 1. The van der Waals surface area contributed by atoms with Crippen LogP contribution in [0.4, 0.5) is 23.7 Å². The van der Waals surface area contributed by atoms with Gasteiger partial charge in [0.15, 0.2) is 5.69 Å². The van der Waals surface area contributed by atoms with Crippen LogP contribution in [0.3, 0.4) is 0 Å². The number of amides is 2. The van der Waals surface area contributed by atoms with Crippen molar-refractivity contribution in [2.24, 2.45) is 0 Å². The van der Waals surface area contributed by atoms with Gasteiger partial charge in [0.2, 0.25) is 0 Å². The van der Waals surface area contributed by atoms with E-state index in [9.17, 15) is 22.8 Å². The highest BCUT2D eigenvalue weighted by Gasteiger charge is 2.35. The van der Waals surface area contributed by atoms with Crippen LogP contribution in [0.2, 0.25) is 5.02 Å². The predicted octanol–water partition coefficient (Wildman–Crippen LogP) is 5.70. The first kappa shape index (κ1) is 28.0. The topological polar surface area (TPSA) is 122 Å². The molecule has 13 heteroatoms. The Labute approximate surface area is 226 Å². The van der Waals surface area contributed by atoms with Crippen molar-refractivity contribution in [1.82, 2.24) is 15.6 Å². The molecule has 1 saturated heterocycles. The summed E-state index contributed by atoms with van der Waals surface area (Å²) in [5.41, 5.74) is -0.717. The van der Waals surface area contributed by atoms with Crippen LogP contribution in [0.25, 0.3) is 0 Å². The number of hydrogen-bond acceptors (Lipinski definition) is 6. The van der Waals surface area contributed by atoms with Gasteiger partial charge in [0.25, 0.3) is 0 Å². The van der Waals surface area contributed by atoms with E-state index in [1.54, 1.807) is 24.3 Å². The number of nitrogens with one attached hydrogen (secondary N) is 3. The maximum Gasteiger partial charge on any atom is 0.417 e. The molecule has 3 aromatic rings. The summed E-state index contributed by atoms with van der Waals surface area (Å²) in [6, 6.07) is 10.5. The summed E-state index contributed by atoms with van der Waals surface area (Å²) < 4.78 is 51.9. The van der Waals surface area contributed by atoms with Crippen LogP contribution >= 0.6 is 11.6 Å². The third-order valence-electron chi connectivity index (χ3n) is 5.77. The number of rotatable bonds is 8. The van der Waals surface area contributed by atoms with E-state index in [-0.39, 0.29) is 35.5 Å². The molecule has 206 valence electrons. The third-order valence-corrected chi connectivity index (χ3v) is 6.08. The summed E-state index contributed by atoms with van der Waals surface area (Å²) in [4.78, 5) is 27.4. The summed E-state index contributed by atoms with van der Waals surface area (Å²) in [7, 11) is 0. The SMILES string of the molecule is O=C(NCc1ccc(Oc2ccnc(C(=O)O)c2)cc1)Nc1cc(C(F)(F)F)c(Cl)cc1OC1CCNCC1. The fraction of sp³-hybridized carbons (Fsp3) is 0.269. The third kappa shape index (κ3) is 7.74. The average Bonchev–Trinajstić information content (AvgIpc) is 2.90. The van der Waals surface area contributed by atoms with Gasteiger partial charge in [-0.05, 0) is 55.8 Å². The van der Waals surface area contributed by atoms with E-state index in [0.29, 0.717) is 37.2 Å². The highest BCUT2D eigenvalue weighted by atomic mass is 35.5. The molecule has 2 amide bonds. The van der Waals surface area contributed by atoms with Gasteiger partial charge in [-0.25, -0.2) is 14.6 Å². The number of anilines is 1. The number of benzene rings is 2. The number of pyridine rings is 1. The van der Waals surface area contributed by atoms with Gasteiger partial charge in [0, 0.05) is 24.9 Å². The molecular formula is C26H24ClF3N4O5. The number of carboxylic acid groups (broad SMARTS) is 1. The molecule has 1 fully saturated rings. The minimum atomic E-state index is -4.72. The van der Waals surface area contributed by atoms with Crippen molar-refractivity contribution in [1.29, 1.82) is 0 Å².